The van der Waals surface area contributed by atoms with E-state index >= 15 is 0 Å². The van der Waals surface area contributed by atoms with Crippen molar-refractivity contribution >= 4 is 67.3 Å². The summed E-state index contributed by atoms with van der Waals surface area (Å²) in [6, 6.07) is 17.7. The summed E-state index contributed by atoms with van der Waals surface area (Å²) in [5.74, 6) is 0.649. The summed E-state index contributed by atoms with van der Waals surface area (Å²) >= 11 is 12.5. The van der Waals surface area contributed by atoms with Gasteiger partial charge in [0.1, 0.15) is 27.5 Å². The molecule has 5 rings (SSSR count). The molecule has 3 aromatic rings. The zero-order chi connectivity index (χ0) is 34.8. The van der Waals surface area contributed by atoms with Crippen LogP contribution in [0.2, 0.25) is 10.0 Å². The number of sulfone groups is 1. The van der Waals surface area contributed by atoms with Crippen LogP contribution in [0.15, 0.2) is 76.6 Å². The lowest BCUT2D eigenvalue weighted by Crippen LogP contribution is -2.54. The molecular weight excluding hydrogens is 733 g/mol. The van der Waals surface area contributed by atoms with Crippen molar-refractivity contribution < 1.29 is 26.4 Å². The highest BCUT2D eigenvalue weighted by molar-refractivity contribution is 7.90. The average Bonchev–Trinajstić information content (AvgIpc) is 3.44. The molecule has 0 radical (unpaired) electrons. The van der Waals surface area contributed by atoms with Crippen LogP contribution in [0.3, 0.4) is 0 Å². The van der Waals surface area contributed by atoms with Crippen LogP contribution < -0.4 is 4.74 Å². The number of ether oxygens (including phenoxy) is 1. The van der Waals surface area contributed by atoms with Gasteiger partial charge < -0.3 is 9.64 Å². The maximum atomic E-state index is 14.7. The van der Waals surface area contributed by atoms with Crippen molar-refractivity contribution in [2.24, 2.45) is 4.99 Å². The Morgan fingerprint density at radius 1 is 0.898 bits per heavy atom. The van der Waals surface area contributed by atoms with Gasteiger partial charge in [0.25, 0.3) is 0 Å². The third-order valence-electron chi connectivity index (χ3n) is 8.39. The predicted octanol–water partition coefficient (Wildman–Crippen LogP) is 5.39. The van der Waals surface area contributed by atoms with Gasteiger partial charge in [-0.1, -0.05) is 47.5 Å². The van der Waals surface area contributed by atoms with Crippen LogP contribution in [0.25, 0.3) is 0 Å². The molecule has 0 saturated carbocycles. The second-order valence-electron chi connectivity index (χ2n) is 11.9. The fraction of sp³-hybridized carbons (Fsp3) is 0.394. The van der Waals surface area contributed by atoms with Gasteiger partial charge in [-0.05, 0) is 54.4 Å². The summed E-state index contributed by atoms with van der Waals surface area (Å²) in [6.07, 6.45) is 1.22. The summed E-state index contributed by atoms with van der Waals surface area (Å²) < 4.78 is 56.8. The van der Waals surface area contributed by atoms with Gasteiger partial charge in [0.2, 0.25) is 10.0 Å². The monoisotopic (exact) mass is 771 g/mol. The minimum atomic E-state index is -3.78. The largest absolute Gasteiger partial charge is 0.493 e. The molecule has 266 valence electrons. The van der Waals surface area contributed by atoms with E-state index in [0.29, 0.717) is 54.2 Å². The lowest BCUT2D eigenvalue weighted by atomic mass is 9.93. The van der Waals surface area contributed by atoms with Crippen molar-refractivity contribution in [2.75, 3.05) is 65.4 Å². The number of rotatable bonds is 10. The minimum Gasteiger partial charge on any atom is -0.493 e. The van der Waals surface area contributed by atoms with Gasteiger partial charge in [0, 0.05) is 69.2 Å². The van der Waals surface area contributed by atoms with Crippen LogP contribution in [0, 0.1) is 0 Å². The van der Waals surface area contributed by atoms with E-state index in [-0.39, 0.29) is 41.4 Å². The molecule has 0 aromatic heterocycles. The molecule has 2 amide bonds. The van der Waals surface area contributed by atoms with E-state index in [1.165, 1.54) is 32.5 Å². The Morgan fingerprint density at radius 2 is 1.47 bits per heavy atom. The topological polar surface area (TPSA) is 120 Å². The van der Waals surface area contributed by atoms with Gasteiger partial charge in [-0.3, -0.25) is 14.8 Å². The predicted molar refractivity (Wildman–Crippen MR) is 196 cm³/mol. The molecule has 3 aromatic carbocycles. The zero-order valence-corrected chi connectivity index (χ0v) is 31.6. The van der Waals surface area contributed by atoms with Crippen LogP contribution in [0.1, 0.15) is 35.7 Å². The molecule has 1 saturated heterocycles. The molecule has 0 spiro atoms. The number of amidine groups is 1. The van der Waals surface area contributed by atoms with E-state index in [4.69, 9.17) is 32.9 Å². The first-order valence-corrected chi connectivity index (χ1v) is 19.7. The molecule has 2 aliphatic heterocycles. The van der Waals surface area contributed by atoms with Gasteiger partial charge >= 0.3 is 6.03 Å². The summed E-state index contributed by atoms with van der Waals surface area (Å²) in [5.41, 5.74) is 2.08. The number of hydrogen-bond acceptors (Lipinski definition) is 8. The number of piperazine rings is 1. The van der Waals surface area contributed by atoms with Crippen molar-refractivity contribution in [3.05, 3.63) is 93.5 Å². The lowest BCUT2D eigenvalue weighted by molar-refractivity contribution is 0.122. The van der Waals surface area contributed by atoms with Crippen LogP contribution in [-0.2, 0) is 19.9 Å². The summed E-state index contributed by atoms with van der Waals surface area (Å²) in [5, 5.41) is 1.10. The second-order valence-corrected chi connectivity index (χ2v) is 17.2. The number of benzene rings is 3. The molecule has 0 aliphatic carbocycles. The first kappa shape index (κ1) is 38.9. The lowest BCUT2D eigenvalue weighted by Gasteiger charge is -2.39. The van der Waals surface area contributed by atoms with E-state index < -0.39 is 31.9 Å². The first-order valence-electron chi connectivity index (χ1n) is 15.5. The smallest absolute Gasteiger partial charge is 0.326 e. The van der Waals surface area contributed by atoms with Crippen molar-refractivity contribution in [2.45, 2.75) is 23.9 Å². The molecule has 0 N–H and O–H groups in total. The quantitative estimate of drug-likeness (QED) is 0.271. The number of urea groups is 1. The van der Waals surface area contributed by atoms with Crippen LogP contribution in [0.4, 0.5) is 4.79 Å². The van der Waals surface area contributed by atoms with Crippen molar-refractivity contribution in [3.8, 4) is 5.75 Å². The Morgan fingerprint density at radius 3 is 2.00 bits per heavy atom. The Balaban J connectivity index is 0.00000541. The molecule has 0 unspecified atom stereocenters. The highest BCUT2D eigenvalue weighted by Gasteiger charge is 2.45. The van der Waals surface area contributed by atoms with Crippen molar-refractivity contribution in [3.63, 3.8) is 0 Å². The highest BCUT2D eigenvalue weighted by Crippen LogP contribution is 2.45. The van der Waals surface area contributed by atoms with Crippen molar-refractivity contribution in [1.82, 2.24) is 19.0 Å². The number of amides is 2. The number of carbonyl (C=O) groups is 1. The zero-order valence-electron chi connectivity index (χ0n) is 27.6. The number of sulfonamides is 1. The van der Waals surface area contributed by atoms with E-state index in [1.54, 1.807) is 47.1 Å². The van der Waals surface area contributed by atoms with E-state index in [9.17, 15) is 21.6 Å². The Hall–Kier alpha value is -2.91. The first-order chi connectivity index (χ1) is 22.7. The maximum Gasteiger partial charge on any atom is 0.326 e. The summed E-state index contributed by atoms with van der Waals surface area (Å²) in [7, 11) is -3.99. The third kappa shape index (κ3) is 8.88. The van der Waals surface area contributed by atoms with Crippen LogP contribution in [-0.4, -0.2) is 113 Å². The molecule has 2 atom stereocenters. The number of aliphatic imine (C=N–C) groups is 1. The highest BCUT2D eigenvalue weighted by atomic mass is 35.5. The van der Waals surface area contributed by atoms with Crippen LogP contribution in [0.5, 0.6) is 5.75 Å². The molecule has 49 heavy (non-hydrogen) atoms. The van der Waals surface area contributed by atoms with E-state index in [2.05, 4.69) is 0 Å². The SMILES string of the molecule is CCOc1cc(S(=O)(=O)N(C)C)ccc1C1=N[C@@H](c2ccc(Cl)cc2)[C@@H](c2ccc(Cl)cc2)N1C(=O)N1CCN(CCS(C)(=O)=O)CC1.Cl. The summed E-state index contributed by atoms with van der Waals surface area (Å²) in [6.45, 7) is 4.21. The standard InChI is InChI=1S/C33H39Cl2N5O6S2.ClH/c1-5-46-29-22-27(48(44,45)37(2)3)14-15-28(29)32-36-30(23-6-10-25(34)11-7-23)31(24-8-12-26(35)13-9-24)40(32)33(41)39-18-16-38(17-19-39)20-21-47(4,42)43;/h6-15,22,30-31H,5,16-21H2,1-4H3;1H/t30-,31+;/m0./s1. The number of halogens is 3. The van der Waals surface area contributed by atoms with E-state index in [1.807, 2.05) is 29.2 Å². The second kappa shape index (κ2) is 16.0. The maximum absolute atomic E-state index is 14.7. The minimum absolute atomic E-state index is 0. The Labute approximate surface area is 304 Å². The molecule has 16 heteroatoms. The molecule has 2 aliphatic rings. The number of hydrogen-bond donors (Lipinski definition) is 0. The molecule has 0 bridgehead atoms. The fourth-order valence-electron chi connectivity index (χ4n) is 5.80. The van der Waals surface area contributed by atoms with Gasteiger partial charge in [0.15, 0.2) is 0 Å². The summed E-state index contributed by atoms with van der Waals surface area (Å²) in [4.78, 5) is 25.4. The fourth-order valence-corrected chi connectivity index (χ4v) is 7.56. The van der Waals surface area contributed by atoms with Gasteiger partial charge in [-0.2, -0.15) is 0 Å². The van der Waals surface area contributed by atoms with E-state index in [0.717, 1.165) is 15.4 Å². The normalized spacial score (nSPS) is 18.7. The van der Waals surface area contributed by atoms with Crippen LogP contribution >= 0.6 is 35.6 Å². The average molecular weight is 773 g/mol. The Bertz CT molecular complexity index is 1880. The third-order valence-corrected chi connectivity index (χ3v) is 11.6. The molecule has 2 heterocycles. The van der Waals surface area contributed by atoms with Crippen molar-refractivity contribution in [1.29, 1.82) is 0 Å². The van der Waals surface area contributed by atoms with Gasteiger partial charge in [-0.15, -0.1) is 12.4 Å². The van der Waals surface area contributed by atoms with Gasteiger partial charge in [-0.25, -0.2) is 25.9 Å². The van der Waals surface area contributed by atoms with Gasteiger partial charge in [0.05, 0.1) is 28.9 Å². The number of carbonyl (C=O) groups excluding carboxylic acids is 1. The number of nitrogens with zero attached hydrogens (tertiary/aromatic N) is 5. The molecular formula is C33H40Cl3N5O6S2. The molecule has 1 fully saturated rings. The Kier molecular flexibility index (Phi) is 12.7. The molecule has 11 nitrogen and oxygen atoms in total.